The van der Waals surface area contributed by atoms with Gasteiger partial charge in [0, 0.05) is 25.2 Å². The van der Waals surface area contributed by atoms with Crippen molar-refractivity contribution in [3.63, 3.8) is 0 Å². The van der Waals surface area contributed by atoms with E-state index in [1.165, 1.54) is 0 Å². The van der Waals surface area contributed by atoms with E-state index in [9.17, 15) is 4.79 Å². The number of hydrogen-bond donors (Lipinski definition) is 1. The topological polar surface area (TPSA) is 60.9 Å². The lowest BCUT2D eigenvalue weighted by molar-refractivity contribution is 0.0910. The molecule has 1 unspecified atom stereocenters. The molecule has 0 aliphatic heterocycles. The number of aryl methyl sites for hydroxylation is 1. The summed E-state index contributed by atoms with van der Waals surface area (Å²) >= 11 is 0. The normalized spacial score (nSPS) is 12.7. The molecule has 1 rings (SSSR count). The summed E-state index contributed by atoms with van der Waals surface area (Å²) in [5.74, 6) is 0.0447. The number of nitrogens with two attached hydrogens (primary N) is 1. The Hall–Kier alpha value is -1.16. The van der Waals surface area contributed by atoms with Crippen LogP contribution in [0, 0.1) is 5.92 Å². The van der Waals surface area contributed by atoms with Crippen molar-refractivity contribution in [3.05, 3.63) is 18.0 Å². The van der Waals surface area contributed by atoms with Crippen LogP contribution in [0.1, 0.15) is 37.2 Å². The molecule has 0 amide bonds. The molecular weight excluding hydrogens is 190 g/mol. The van der Waals surface area contributed by atoms with Gasteiger partial charge in [0.2, 0.25) is 0 Å². The van der Waals surface area contributed by atoms with Gasteiger partial charge in [-0.15, -0.1) is 0 Å². The van der Waals surface area contributed by atoms with E-state index < -0.39 is 0 Å². The first kappa shape index (κ1) is 11.9. The van der Waals surface area contributed by atoms with Crippen molar-refractivity contribution in [2.75, 3.05) is 6.54 Å². The minimum absolute atomic E-state index is 0.0719. The Morgan fingerprint density at radius 3 is 2.87 bits per heavy atom. The molecule has 84 valence electrons. The zero-order chi connectivity index (χ0) is 11.3. The van der Waals surface area contributed by atoms with E-state index in [1.54, 1.807) is 16.9 Å². The summed E-state index contributed by atoms with van der Waals surface area (Å²) in [6, 6.07) is 1.77. The number of carbonyl (C=O) groups is 1. The van der Waals surface area contributed by atoms with Gasteiger partial charge >= 0.3 is 0 Å². The van der Waals surface area contributed by atoms with Crippen LogP contribution in [0.4, 0.5) is 0 Å². The first-order valence-electron chi connectivity index (χ1n) is 5.50. The lowest BCUT2D eigenvalue weighted by Gasteiger charge is -2.11. The Labute approximate surface area is 90.5 Å². The highest BCUT2D eigenvalue weighted by molar-refractivity contribution is 5.96. The molecule has 0 spiro atoms. The molecular formula is C11H19N3O. The highest BCUT2D eigenvalue weighted by atomic mass is 16.1. The smallest absolute Gasteiger partial charge is 0.185 e. The number of carbonyl (C=O) groups excluding carboxylic acids is 1. The van der Waals surface area contributed by atoms with Crippen LogP contribution in [0.3, 0.4) is 0 Å². The average Bonchev–Trinajstić information content (AvgIpc) is 2.68. The van der Waals surface area contributed by atoms with Gasteiger partial charge in [-0.3, -0.25) is 9.48 Å². The maximum absolute atomic E-state index is 12.0. The monoisotopic (exact) mass is 209 g/mol. The molecule has 1 atom stereocenters. The van der Waals surface area contributed by atoms with E-state index in [0.29, 0.717) is 12.2 Å². The van der Waals surface area contributed by atoms with Gasteiger partial charge in [0.25, 0.3) is 0 Å². The Morgan fingerprint density at radius 2 is 2.33 bits per heavy atom. The molecule has 0 saturated heterocycles. The highest BCUT2D eigenvalue weighted by Crippen LogP contribution is 2.11. The Balaban J connectivity index is 2.84. The van der Waals surface area contributed by atoms with E-state index in [-0.39, 0.29) is 11.7 Å². The number of ketones is 1. The molecule has 2 N–H and O–H groups in total. The number of hydrogen-bond acceptors (Lipinski definition) is 3. The maximum atomic E-state index is 12.0. The van der Waals surface area contributed by atoms with Crippen LogP contribution in [-0.2, 0) is 6.54 Å². The van der Waals surface area contributed by atoms with E-state index in [2.05, 4.69) is 12.0 Å². The van der Waals surface area contributed by atoms with Gasteiger partial charge in [-0.25, -0.2) is 0 Å². The highest BCUT2D eigenvalue weighted by Gasteiger charge is 2.19. The van der Waals surface area contributed by atoms with Crippen LogP contribution in [0.5, 0.6) is 0 Å². The van der Waals surface area contributed by atoms with Crippen LogP contribution in [-0.4, -0.2) is 22.1 Å². The summed E-state index contributed by atoms with van der Waals surface area (Å²) in [4.78, 5) is 12.0. The number of rotatable bonds is 6. The van der Waals surface area contributed by atoms with Crippen molar-refractivity contribution < 1.29 is 4.79 Å². The molecule has 1 aromatic heterocycles. The van der Waals surface area contributed by atoms with Gasteiger partial charge in [0.1, 0.15) is 5.69 Å². The summed E-state index contributed by atoms with van der Waals surface area (Å²) < 4.78 is 1.76. The SMILES string of the molecule is CCCn1nccc1C(=O)C(CC)CN. The van der Waals surface area contributed by atoms with Crippen LogP contribution < -0.4 is 5.73 Å². The zero-order valence-electron chi connectivity index (χ0n) is 9.44. The summed E-state index contributed by atoms with van der Waals surface area (Å²) in [5.41, 5.74) is 6.25. The summed E-state index contributed by atoms with van der Waals surface area (Å²) in [5, 5.41) is 4.13. The molecule has 0 aliphatic rings. The van der Waals surface area contributed by atoms with Crippen LogP contribution in [0.2, 0.25) is 0 Å². The molecule has 15 heavy (non-hydrogen) atoms. The largest absolute Gasteiger partial charge is 0.330 e. The Kier molecular flexibility index (Phi) is 4.49. The van der Waals surface area contributed by atoms with Gasteiger partial charge in [-0.2, -0.15) is 5.10 Å². The summed E-state index contributed by atoms with van der Waals surface area (Å²) in [7, 11) is 0. The minimum Gasteiger partial charge on any atom is -0.330 e. The number of nitrogens with zero attached hydrogens (tertiary/aromatic N) is 2. The number of Topliss-reactive ketones (excluding diaryl/α,β-unsaturated/α-hetero) is 1. The predicted molar refractivity (Wildman–Crippen MR) is 59.7 cm³/mol. The van der Waals surface area contributed by atoms with Crippen molar-refractivity contribution in [1.29, 1.82) is 0 Å². The Bertz CT molecular complexity index is 315. The standard InChI is InChI=1S/C11H19N3O/c1-3-7-14-10(5-6-13-14)11(15)9(4-2)8-12/h5-6,9H,3-4,7-8,12H2,1-2H3. The van der Waals surface area contributed by atoms with Crippen molar-refractivity contribution in [1.82, 2.24) is 9.78 Å². The first-order valence-corrected chi connectivity index (χ1v) is 5.50. The van der Waals surface area contributed by atoms with Crippen molar-refractivity contribution in [2.24, 2.45) is 11.7 Å². The fraction of sp³-hybridized carbons (Fsp3) is 0.636. The zero-order valence-corrected chi connectivity index (χ0v) is 9.44. The molecule has 0 bridgehead atoms. The van der Waals surface area contributed by atoms with Gasteiger partial charge in [-0.05, 0) is 18.9 Å². The van der Waals surface area contributed by atoms with Crippen molar-refractivity contribution in [3.8, 4) is 0 Å². The molecule has 0 aliphatic carbocycles. The van der Waals surface area contributed by atoms with Gasteiger partial charge in [-0.1, -0.05) is 13.8 Å². The lowest BCUT2D eigenvalue weighted by atomic mass is 9.99. The lowest BCUT2D eigenvalue weighted by Crippen LogP contribution is -2.25. The second kappa shape index (κ2) is 5.66. The predicted octanol–water partition coefficient (Wildman–Crippen LogP) is 1.46. The molecule has 4 heteroatoms. The summed E-state index contributed by atoms with van der Waals surface area (Å²) in [6.07, 6.45) is 3.43. The third-order valence-electron chi connectivity index (χ3n) is 2.55. The van der Waals surface area contributed by atoms with Crippen molar-refractivity contribution in [2.45, 2.75) is 33.2 Å². The third-order valence-corrected chi connectivity index (χ3v) is 2.55. The quantitative estimate of drug-likeness (QED) is 0.721. The average molecular weight is 209 g/mol. The summed E-state index contributed by atoms with van der Waals surface area (Å²) in [6.45, 7) is 5.24. The molecule has 1 heterocycles. The molecule has 4 nitrogen and oxygen atoms in total. The van der Waals surface area contributed by atoms with Crippen LogP contribution in [0.15, 0.2) is 12.3 Å². The minimum atomic E-state index is -0.0719. The molecule has 0 fully saturated rings. The maximum Gasteiger partial charge on any atom is 0.185 e. The number of aromatic nitrogens is 2. The van der Waals surface area contributed by atoms with Gasteiger partial charge in [0.05, 0.1) is 0 Å². The first-order chi connectivity index (χ1) is 7.24. The second-order valence-corrected chi connectivity index (χ2v) is 3.64. The third kappa shape index (κ3) is 2.65. The fourth-order valence-corrected chi connectivity index (χ4v) is 1.60. The van der Waals surface area contributed by atoms with Crippen molar-refractivity contribution >= 4 is 5.78 Å². The van der Waals surface area contributed by atoms with E-state index in [1.807, 2.05) is 6.92 Å². The van der Waals surface area contributed by atoms with Crippen LogP contribution >= 0.6 is 0 Å². The van der Waals surface area contributed by atoms with Gasteiger partial charge < -0.3 is 5.73 Å². The van der Waals surface area contributed by atoms with E-state index in [0.717, 1.165) is 19.4 Å². The van der Waals surface area contributed by atoms with Crippen LogP contribution in [0.25, 0.3) is 0 Å². The molecule has 0 saturated carbocycles. The van der Waals surface area contributed by atoms with Gasteiger partial charge in [0.15, 0.2) is 5.78 Å². The molecule has 1 aromatic rings. The van der Waals surface area contributed by atoms with E-state index >= 15 is 0 Å². The van der Waals surface area contributed by atoms with E-state index in [4.69, 9.17) is 5.73 Å². The second-order valence-electron chi connectivity index (χ2n) is 3.64. The molecule has 0 aromatic carbocycles. The fourth-order valence-electron chi connectivity index (χ4n) is 1.60. The Morgan fingerprint density at radius 1 is 1.60 bits per heavy atom. The molecule has 0 radical (unpaired) electrons.